The Labute approximate surface area is 136 Å². The zero-order valence-corrected chi connectivity index (χ0v) is 12.6. The Morgan fingerprint density at radius 3 is 2.35 bits per heavy atom. The van der Waals surface area contributed by atoms with Gasteiger partial charge < -0.3 is 10.1 Å². The fraction of sp³-hybridized carbons (Fsp3) is 0.125. The lowest BCUT2D eigenvalue weighted by molar-refractivity contribution is -0.124. The lowest BCUT2D eigenvalue weighted by atomic mass is 10.2. The Balaban J connectivity index is 1.81. The third-order valence-electron chi connectivity index (χ3n) is 2.89. The third-order valence-corrected chi connectivity index (χ3v) is 3.20. The van der Waals surface area contributed by atoms with Crippen LogP contribution in [0.3, 0.4) is 0 Å². The summed E-state index contributed by atoms with van der Waals surface area (Å²) in [4.78, 5) is 23.3. The van der Waals surface area contributed by atoms with Gasteiger partial charge in [0.2, 0.25) is 0 Å². The first-order valence-electron chi connectivity index (χ1n) is 6.59. The topological polar surface area (TPSA) is 55.4 Å². The first kappa shape index (κ1) is 16.9. The summed E-state index contributed by atoms with van der Waals surface area (Å²) in [5.74, 6) is -2.30. The SMILES string of the molecule is O=C(COC(=O)c1ccc(F)cc1Cl)NCc1ccc(F)cc1. The van der Waals surface area contributed by atoms with E-state index in [1.807, 2.05) is 0 Å². The van der Waals surface area contributed by atoms with E-state index in [9.17, 15) is 18.4 Å². The average Bonchev–Trinajstić information content (AvgIpc) is 2.52. The van der Waals surface area contributed by atoms with E-state index in [4.69, 9.17) is 16.3 Å². The van der Waals surface area contributed by atoms with Crippen LogP contribution >= 0.6 is 11.6 Å². The summed E-state index contributed by atoms with van der Waals surface area (Å²) in [5, 5.41) is 2.42. The van der Waals surface area contributed by atoms with Crippen LogP contribution in [0.25, 0.3) is 0 Å². The van der Waals surface area contributed by atoms with Crippen LogP contribution in [0.4, 0.5) is 8.78 Å². The molecule has 0 aromatic heterocycles. The van der Waals surface area contributed by atoms with Crippen LogP contribution in [0.1, 0.15) is 15.9 Å². The van der Waals surface area contributed by atoms with Gasteiger partial charge in [-0.05, 0) is 35.9 Å². The minimum absolute atomic E-state index is 0.0283. The number of hydrogen-bond acceptors (Lipinski definition) is 3. The smallest absolute Gasteiger partial charge is 0.340 e. The average molecular weight is 340 g/mol. The van der Waals surface area contributed by atoms with Gasteiger partial charge in [0, 0.05) is 6.54 Å². The van der Waals surface area contributed by atoms with Gasteiger partial charge in [-0.3, -0.25) is 4.79 Å². The zero-order chi connectivity index (χ0) is 16.8. The molecule has 0 unspecified atom stereocenters. The van der Waals surface area contributed by atoms with Gasteiger partial charge in [-0.2, -0.15) is 0 Å². The molecule has 7 heteroatoms. The van der Waals surface area contributed by atoms with Crippen LogP contribution in [0.15, 0.2) is 42.5 Å². The highest BCUT2D eigenvalue weighted by molar-refractivity contribution is 6.33. The molecular weight excluding hydrogens is 328 g/mol. The van der Waals surface area contributed by atoms with Gasteiger partial charge in [0.1, 0.15) is 11.6 Å². The number of amides is 1. The minimum Gasteiger partial charge on any atom is -0.452 e. The number of rotatable bonds is 5. The second-order valence-electron chi connectivity index (χ2n) is 4.60. The summed E-state index contributed by atoms with van der Waals surface area (Å²) < 4.78 is 30.4. The molecule has 0 saturated heterocycles. The lowest BCUT2D eigenvalue weighted by Gasteiger charge is -2.07. The summed E-state index contributed by atoms with van der Waals surface area (Å²) in [6.07, 6.45) is 0. The predicted octanol–water partition coefficient (Wildman–Crippen LogP) is 3.09. The highest BCUT2D eigenvalue weighted by Gasteiger charge is 2.14. The Bertz CT molecular complexity index is 720. The Morgan fingerprint density at radius 1 is 1.04 bits per heavy atom. The molecule has 0 heterocycles. The van der Waals surface area contributed by atoms with E-state index < -0.39 is 24.3 Å². The van der Waals surface area contributed by atoms with Gasteiger partial charge in [0.15, 0.2) is 6.61 Å². The van der Waals surface area contributed by atoms with Crippen molar-refractivity contribution in [1.29, 1.82) is 0 Å². The number of benzene rings is 2. The van der Waals surface area contributed by atoms with Crippen LogP contribution in [0.5, 0.6) is 0 Å². The number of halogens is 3. The van der Waals surface area contributed by atoms with Gasteiger partial charge in [0.05, 0.1) is 10.6 Å². The normalized spacial score (nSPS) is 10.2. The van der Waals surface area contributed by atoms with E-state index in [1.165, 1.54) is 30.3 Å². The minimum atomic E-state index is -0.827. The van der Waals surface area contributed by atoms with Gasteiger partial charge in [0.25, 0.3) is 5.91 Å². The fourth-order valence-electron chi connectivity index (χ4n) is 1.72. The van der Waals surface area contributed by atoms with Crippen molar-refractivity contribution < 1.29 is 23.1 Å². The molecule has 0 spiro atoms. The van der Waals surface area contributed by atoms with Gasteiger partial charge in [-0.25, -0.2) is 13.6 Å². The van der Waals surface area contributed by atoms with Gasteiger partial charge in [-0.1, -0.05) is 23.7 Å². The predicted molar refractivity (Wildman–Crippen MR) is 79.9 cm³/mol. The molecule has 1 amide bonds. The van der Waals surface area contributed by atoms with Gasteiger partial charge in [-0.15, -0.1) is 0 Å². The summed E-state index contributed by atoms with van der Waals surface area (Å²) in [6, 6.07) is 8.83. The molecule has 0 fully saturated rings. The second kappa shape index (κ2) is 7.69. The Kier molecular flexibility index (Phi) is 5.65. The highest BCUT2D eigenvalue weighted by Crippen LogP contribution is 2.18. The molecule has 2 aromatic rings. The van der Waals surface area contributed by atoms with Crippen LogP contribution in [-0.2, 0) is 16.1 Å². The molecule has 0 saturated carbocycles. The molecule has 1 N–H and O–H groups in total. The molecule has 0 bridgehead atoms. The molecule has 23 heavy (non-hydrogen) atoms. The molecule has 0 atom stereocenters. The van der Waals surface area contributed by atoms with Crippen LogP contribution in [0.2, 0.25) is 5.02 Å². The maximum absolute atomic E-state index is 12.9. The number of ether oxygens (including phenoxy) is 1. The largest absolute Gasteiger partial charge is 0.452 e. The van der Waals surface area contributed by atoms with E-state index in [0.717, 1.165) is 12.1 Å². The van der Waals surface area contributed by atoms with E-state index in [-0.39, 0.29) is 22.9 Å². The highest BCUT2D eigenvalue weighted by atomic mass is 35.5. The van der Waals surface area contributed by atoms with Crippen molar-refractivity contribution in [1.82, 2.24) is 5.32 Å². The van der Waals surface area contributed by atoms with Crippen molar-refractivity contribution in [2.75, 3.05) is 6.61 Å². The van der Waals surface area contributed by atoms with Crippen molar-refractivity contribution in [3.8, 4) is 0 Å². The maximum atomic E-state index is 12.9. The summed E-state index contributed by atoms with van der Waals surface area (Å²) >= 11 is 5.72. The first-order chi connectivity index (χ1) is 11.0. The lowest BCUT2D eigenvalue weighted by Crippen LogP contribution is -2.28. The van der Waals surface area contributed by atoms with Crippen molar-refractivity contribution in [3.63, 3.8) is 0 Å². The molecule has 0 aliphatic rings. The first-order valence-corrected chi connectivity index (χ1v) is 6.97. The van der Waals surface area contributed by atoms with Crippen molar-refractivity contribution in [2.45, 2.75) is 6.54 Å². The van der Waals surface area contributed by atoms with E-state index in [2.05, 4.69) is 5.32 Å². The number of hydrogen-bond donors (Lipinski definition) is 1. The Hall–Kier alpha value is -2.47. The van der Waals surface area contributed by atoms with E-state index in [1.54, 1.807) is 0 Å². The molecule has 0 aliphatic heterocycles. The van der Waals surface area contributed by atoms with Crippen molar-refractivity contribution in [3.05, 3.63) is 70.2 Å². The molecule has 0 aliphatic carbocycles. The van der Waals surface area contributed by atoms with Crippen molar-refractivity contribution >= 4 is 23.5 Å². The van der Waals surface area contributed by atoms with Crippen LogP contribution < -0.4 is 5.32 Å². The number of esters is 1. The molecule has 0 radical (unpaired) electrons. The van der Waals surface area contributed by atoms with E-state index in [0.29, 0.717) is 5.56 Å². The Morgan fingerprint density at radius 2 is 1.70 bits per heavy atom. The van der Waals surface area contributed by atoms with Crippen molar-refractivity contribution in [2.24, 2.45) is 0 Å². The fourth-order valence-corrected chi connectivity index (χ4v) is 1.96. The van der Waals surface area contributed by atoms with Gasteiger partial charge >= 0.3 is 5.97 Å². The van der Waals surface area contributed by atoms with Crippen LogP contribution in [-0.4, -0.2) is 18.5 Å². The second-order valence-corrected chi connectivity index (χ2v) is 5.01. The summed E-state index contributed by atoms with van der Waals surface area (Å²) in [7, 11) is 0. The molecule has 2 aromatic carbocycles. The zero-order valence-electron chi connectivity index (χ0n) is 11.8. The number of carbonyl (C=O) groups excluding carboxylic acids is 2. The summed E-state index contributed by atoms with van der Waals surface area (Å²) in [6.45, 7) is -0.332. The monoisotopic (exact) mass is 339 g/mol. The molecule has 120 valence electrons. The number of carbonyl (C=O) groups is 2. The summed E-state index contributed by atoms with van der Waals surface area (Å²) in [5.41, 5.74) is 0.673. The van der Waals surface area contributed by atoms with Crippen LogP contribution in [0, 0.1) is 11.6 Å². The maximum Gasteiger partial charge on any atom is 0.340 e. The molecule has 2 rings (SSSR count). The third kappa shape index (κ3) is 5.03. The number of nitrogens with one attached hydrogen (secondary N) is 1. The molecular formula is C16H12ClF2NO3. The molecule has 4 nitrogen and oxygen atoms in total. The standard InChI is InChI=1S/C16H12ClF2NO3/c17-14-7-12(19)5-6-13(14)16(22)23-9-15(21)20-8-10-1-3-11(18)4-2-10/h1-7H,8-9H2,(H,20,21). The quantitative estimate of drug-likeness (QED) is 0.852. The van der Waals surface area contributed by atoms with E-state index >= 15 is 0 Å².